The number of para-hydroxylation sites is 1. The number of ether oxygens (including phenoxy) is 1. The van der Waals surface area contributed by atoms with Crippen LogP contribution in [0.3, 0.4) is 0 Å². The standard InChI is InChI=1S/C19H23FN2O3/c20-12-19(7-3-8-19)13-21-9-6-17(23)22(18(21)24)11-15-10-14-4-1-2-5-16(14)25-15/h1-2,4-5,15H,3,6-13H2. The molecule has 2 fully saturated rings. The highest BCUT2D eigenvalue weighted by Gasteiger charge is 2.43. The second-order valence-electron chi connectivity index (χ2n) is 7.50. The van der Waals surface area contributed by atoms with Crippen LogP contribution in [0, 0.1) is 5.41 Å². The van der Waals surface area contributed by atoms with E-state index in [4.69, 9.17) is 4.74 Å². The van der Waals surface area contributed by atoms with Gasteiger partial charge in [0.1, 0.15) is 11.9 Å². The molecule has 3 amide bonds. The number of amides is 3. The Morgan fingerprint density at radius 1 is 1.24 bits per heavy atom. The molecule has 1 aromatic rings. The van der Waals surface area contributed by atoms with Crippen molar-refractivity contribution in [1.29, 1.82) is 0 Å². The van der Waals surface area contributed by atoms with E-state index in [1.807, 2.05) is 24.3 Å². The van der Waals surface area contributed by atoms with Gasteiger partial charge in [-0.25, -0.2) is 4.79 Å². The molecule has 25 heavy (non-hydrogen) atoms. The minimum Gasteiger partial charge on any atom is -0.488 e. The third-order valence-corrected chi connectivity index (χ3v) is 5.72. The molecule has 1 aromatic carbocycles. The minimum atomic E-state index is -0.397. The topological polar surface area (TPSA) is 49.9 Å². The lowest BCUT2D eigenvalue weighted by molar-refractivity contribution is -0.132. The molecule has 1 atom stereocenters. The fourth-order valence-electron chi connectivity index (χ4n) is 4.04. The Bertz CT molecular complexity index is 658. The summed E-state index contributed by atoms with van der Waals surface area (Å²) in [5, 5.41) is 0. The van der Waals surface area contributed by atoms with Crippen LogP contribution in [-0.2, 0) is 11.2 Å². The molecule has 1 saturated carbocycles. The van der Waals surface area contributed by atoms with Gasteiger partial charge in [0.2, 0.25) is 5.91 Å². The number of urea groups is 1. The number of benzene rings is 1. The zero-order valence-electron chi connectivity index (χ0n) is 14.2. The summed E-state index contributed by atoms with van der Waals surface area (Å²) in [5.74, 6) is 0.663. The molecule has 1 aliphatic carbocycles. The van der Waals surface area contributed by atoms with Gasteiger partial charge in [-0.15, -0.1) is 0 Å². The molecule has 5 nitrogen and oxygen atoms in total. The van der Waals surface area contributed by atoms with Crippen molar-refractivity contribution < 1.29 is 18.7 Å². The number of rotatable bonds is 5. The van der Waals surface area contributed by atoms with Crippen LogP contribution in [0.5, 0.6) is 5.75 Å². The molecule has 6 heteroatoms. The number of hydrogen-bond acceptors (Lipinski definition) is 3. The molecular formula is C19H23FN2O3. The molecule has 4 rings (SSSR count). The van der Waals surface area contributed by atoms with Gasteiger partial charge < -0.3 is 9.64 Å². The zero-order chi connectivity index (χ0) is 17.4. The molecule has 2 aliphatic heterocycles. The molecule has 134 valence electrons. The van der Waals surface area contributed by atoms with Gasteiger partial charge in [0.05, 0.1) is 13.2 Å². The molecule has 2 heterocycles. The summed E-state index contributed by atoms with van der Waals surface area (Å²) < 4.78 is 19.3. The van der Waals surface area contributed by atoms with Crippen LogP contribution in [0.2, 0.25) is 0 Å². The highest BCUT2D eigenvalue weighted by molar-refractivity contribution is 5.96. The highest BCUT2D eigenvalue weighted by Crippen LogP contribution is 2.42. The van der Waals surface area contributed by atoms with Crippen molar-refractivity contribution in [3.8, 4) is 5.75 Å². The number of imide groups is 1. The maximum atomic E-state index is 13.4. The van der Waals surface area contributed by atoms with Gasteiger partial charge in [-0.2, -0.15) is 0 Å². The van der Waals surface area contributed by atoms with Crippen LogP contribution in [0.15, 0.2) is 24.3 Å². The van der Waals surface area contributed by atoms with Crippen LogP contribution in [-0.4, -0.2) is 54.2 Å². The maximum absolute atomic E-state index is 13.4. The number of carbonyl (C=O) groups excluding carboxylic acids is 2. The molecule has 0 spiro atoms. The summed E-state index contributed by atoms with van der Waals surface area (Å²) in [6.45, 7) is 0.663. The summed E-state index contributed by atoms with van der Waals surface area (Å²) in [7, 11) is 0. The lowest BCUT2D eigenvalue weighted by atomic mass is 9.69. The van der Waals surface area contributed by atoms with Crippen molar-refractivity contribution in [3.05, 3.63) is 29.8 Å². The predicted octanol–water partition coefficient (Wildman–Crippen LogP) is 2.78. The SMILES string of the molecule is O=C1CCN(CC2(CF)CCC2)C(=O)N1CC1Cc2ccccc2O1. The molecule has 0 N–H and O–H groups in total. The predicted molar refractivity (Wildman–Crippen MR) is 90.1 cm³/mol. The van der Waals surface area contributed by atoms with Gasteiger partial charge in [0, 0.05) is 31.3 Å². The molecule has 3 aliphatic rings. The van der Waals surface area contributed by atoms with Gasteiger partial charge in [-0.05, 0) is 24.5 Å². The number of hydrogen-bond donors (Lipinski definition) is 0. The number of fused-ring (bicyclic) bond motifs is 1. The van der Waals surface area contributed by atoms with E-state index in [9.17, 15) is 14.0 Å². The lowest BCUT2D eigenvalue weighted by Crippen LogP contribution is -2.57. The maximum Gasteiger partial charge on any atom is 0.326 e. The van der Waals surface area contributed by atoms with Gasteiger partial charge in [0.25, 0.3) is 0 Å². The Morgan fingerprint density at radius 3 is 2.72 bits per heavy atom. The number of nitrogens with zero attached hydrogens (tertiary/aromatic N) is 2. The van der Waals surface area contributed by atoms with Crippen LogP contribution in [0.25, 0.3) is 0 Å². The van der Waals surface area contributed by atoms with Crippen LogP contribution >= 0.6 is 0 Å². The largest absolute Gasteiger partial charge is 0.488 e. The normalized spacial score (nSPS) is 24.8. The molecule has 1 unspecified atom stereocenters. The van der Waals surface area contributed by atoms with E-state index in [1.165, 1.54) is 4.90 Å². The Balaban J connectivity index is 1.42. The van der Waals surface area contributed by atoms with E-state index in [0.717, 1.165) is 30.6 Å². The average Bonchev–Trinajstić information content (AvgIpc) is 2.99. The Morgan fingerprint density at radius 2 is 2.04 bits per heavy atom. The first-order valence-electron chi connectivity index (χ1n) is 9.00. The summed E-state index contributed by atoms with van der Waals surface area (Å²) in [5.41, 5.74) is 0.717. The second-order valence-corrected chi connectivity index (χ2v) is 7.50. The Kier molecular flexibility index (Phi) is 4.13. The molecule has 0 radical (unpaired) electrons. The quantitative estimate of drug-likeness (QED) is 0.824. The van der Waals surface area contributed by atoms with Gasteiger partial charge >= 0.3 is 6.03 Å². The lowest BCUT2D eigenvalue weighted by Gasteiger charge is -2.45. The van der Waals surface area contributed by atoms with Gasteiger partial charge in [-0.1, -0.05) is 24.6 Å². The second kappa shape index (κ2) is 6.32. The summed E-state index contributed by atoms with van der Waals surface area (Å²) in [6, 6.07) is 7.48. The van der Waals surface area contributed by atoms with E-state index >= 15 is 0 Å². The molecular weight excluding hydrogens is 323 g/mol. The van der Waals surface area contributed by atoms with Crippen molar-refractivity contribution in [2.45, 2.75) is 38.2 Å². The number of alkyl halides is 1. The van der Waals surface area contributed by atoms with E-state index < -0.39 is 6.67 Å². The number of carbonyl (C=O) groups is 2. The van der Waals surface area contributed by atoms with E-state index in [-0.39, 0.29) is 30.0 Å². The Labute approximate surface area is 146 Å². The van der Waals surface area contributed by atoms with Gasteiger partial charge in [-0.3, -0.25) is 14.1 Å². The summed E-state index contributed by atoms with van der Waals surface area (Å²) >= 11 is 0. The van der Waals surface area contributed by atoms with E-state index in [1.54, 1.807) is 4.90 Å². The van der Waals surface area contributed by atoms with E-state index in [0.29, 0.717) is 25.9 Å². The van der Waals surface area contributed by atoms with Crippen molar-refractivity contribution in [3.63, 3.8) is 0 Å². The van der Waals surface area contributed by atoms with E-state index in [2.05, 4.69) is 0 Å². The first kappa shape index (κ1) is 16.4. The Hall–Kier alpha value is -2.11. The third-order valence-electron chi connectivity index (χ3n) is 5.72. The number of halogens is 1. The molecule has 0 aromatic heterocycles. The third kappa shape index (κ3) is 2.98. The van der Waals surface area contributed by atoms with Crippen molar-refractivity contribution in [2.24, 2.45) is 5.41 Å². The average molecular weight is 346 g/mol. The fourth-order valence-corrected chi connectivity index (χ4v) is 4.04. The van der Waals surface area contributed by atoms with Gasteiger partial charge in [0.15, 0.2) is 0 Å². The zero-order valence-corrected chi connectivity index (χ0v) is 14.2. The van der Waals surface area contributed by atoms with Crippen molar-refractivity contribution in [1.82, 2.24) is 9.80 Å². The monoisotopic (exact) mass is 346 g/mol. The minimum absolute atomic E-state index is 0.163. The van der Waals surface area contributed by atoms with Crippen LogP contribution < -0.4 is 4.74 Å². The molecule has 1 saturated heterocycles. The fraction of sp³-hybridized carbons (Fsp3) is 0.579. The highest BCUT2D eigenvalue weighted by atomic mass is 19.1. The van der Waals surface area contributed by atoms with Crippen LogP contribution in [0.1, 0.15) is 31.2 Å². The van der Waals surface area contributed by atoms with Crippen molar-refractivity contribution >= 4 is 11.9 Å². The first-order chi connectivity index (χ1) is 12.1. The van der Waals surface area contributed by atoms with Crippen LogP contribution in [0.4, 0.5) is 9.18 Å². The summed E-state index contributed by atoms with van der Waals surface area (Å²) in [4.78, 5) is 28.0. The molecule has 0 bridgehead atoms. The summed E-state index contributed by atoms with van der Waals surface area (Å²) in [6.07, 6.45) is 3.45. The smallest absolute Gasteiger partial charge is 0.326 e. The first-order valence-corrected chi connectivity index (χ1v) is 9.00. The van der Waals surface area contributed by atoms with Crippen molar-refractivity contribution in [2.75, 3.05) is 26.3 Å².